The molecule has 0 N–H and O–H groups in total. The summed E-state index contributed by atoms with van der Waals surface area (Å²) in [4.78, 5) is 0. The monoisotopic (exact) mass is 644 g/mol. The summed E-state index contributed by atoms with van der Waals surface area (Å²) in [7, 11) is -4.90. The molecule has 0 heterocycles. The average Bonchev–Trinajstić information content (AvgIpc) is 2.87. The molecular weight excluding hydrogens is 585 g/mol. The van der Waals surface area contributed by atoms with Gasteiger partial charge in [-0.2, -0.15) is 0 Å². The summed E-state index contributed by atoms with van der Waals surface area (Å²) in [5, 5.41) is 1.24. The maximum Gasteiger partial charge on any atom is 0.500 e. The van der Waals surface area contributed by atoms with Crippen molar-refractivity contribution in [3.05, 3.63) is 0 Å². The van der Waals surface area contributed by atoms with E-state index in [1.807, 2.05) is 62.3 Å². The normalized spacial score (nSPS) is 12.4. The molecule has 0 aromatic carbocycles. The van der Waals surface area contributed by atoms with Crippen LogP contribution in [0.3, 0.4) is 0 Å². The zero-order valence-electron chi connectivity index (χ0n) is 27.0. The Bertz CT molecular complexity index is 583. The summed E-state index contributed by atoms with van der Waals surface area (Å²) >= 11 is 9.80. The van der Waals surface area contributed by atoms with Gasteiger partial charge in [0.05, 0.1) is 12.7 Å². The minimum atomic E-state index is -2.47. The van der Waals surface area contributed by atoms with Crippen molar-refractivity contribution in [3.8, 4) is 0 Å². The van der Waals surface area contributed by atoms with Crippen LogP contribution in [0.15, 0.2) is 0 Å². The van der Waals surface area contributed by atoms with E-state index in [1.54, 1.807) is 0 Å². The molecule has 0 saturated heterocycles. The van der Waals surface area contributed by atoms with E-state index in [0.717, 1.165) is 63.6 Å². The molecule has 0 fully saturated rings. The molecule has 0 aliphatic rings. The van der Waals surface area contributed by atoms with Gasteiger partial charge in [-0.1, -0.05) is 12.8 Å². The van der Waals surface area contributed by atoms with Crippen molar-refractivity contribution in [1.29, 1.82) is 0 Å². The highest BCUT2D eigenvalue weighted by Crippen LogP contribution is 2.21. The van der Waals surface area contributed by atoms with Crippen molar-refractivity contribution in [1.82, 2.24) is 0 Å². The lowest BCUT2D eigenvalue weighted by Crippen LogP contribution is -2.45. The van der Waals surface area contributed by atoms with Crippen molar-refractivity contribution in [2.75, 3.05) is 46.2 Å². The number of thiocarbonyl (C=S) groups is 2. The summed E-state index contributed by atoms with van der Waals surface area (Å²) in [6, 6.07) is 1.77. The second kappa shape index (κ2) is 27.8. The third-order valence-corrected chi connectivity index (χ3v) is 12.1. The van der Waals surface area contributed by atoms with E-state index < -0.39 is 17.6 Å². The SMILES string of the molecule is CCO[Si](CCCCC(C)OC(C)=S)(OCC)OCC.CCO[Si](CCCCCCOC(C)=S)(OCC)OCC. The Labute approximate surface area is 259 Å². The van der Waals surface area contributed by atoms with Crippen molar-refractivity contribution < 1.29 is 36.0 Å². The molecule has 0 amide bonds. The Hall–Kier alpha value is -0.0262. The summed E-state index contributed by atoms with van der Waals surface area (Å²) in [5.74, 6) is 0. The topological polar surface area (TPSA) is 73.8 Å². The standard InChI is InChI=1S/2C14H30O4SSi/c1-6-15-20(16-7-2,17-8-3)12-10-9-11-13(4)18-14(5)19;1-5-16-20(17-6-2,18-7-3)13-11-9-8-10-12-15-14(4)19/h13H,6-12H2,1-5H3;5-13H2,1-4H3. The van der Waals surface area contributed by atoms with Crippen molar-refractivity contribution >= 4 is 52.1 Å². The first-order valence-corrected chi connectivity index (χ1v) is 19.9. The summed E-state index contributed by atoms with van der Waals surface area (Å²) in [6.07, 6.45) is 7.64. The van der Waals surface area contributed by atoms with Crippen LogP contribution in [0.4, 0.5) is 0 Å². The molecular formula is C28H60O8S2Si2. The Kier molecular flexibility index (Phi) is 29.2. The van der Waals surface area contributed by atoms with Crippen LogP contribution in [0.5, 0.6) is 0 Å². The molecule has 0 bridgehead atoms. The molecule has 0 spiro atoms. The van der Waals surface area contributed by atoms with Gasteiger partial charge in [-0.15, -0.1) is 0 Å². The Morgan fingerprint density at radius 2 is 0.925 bits per heavy atom. The van der Waals surface area contributed by atoms with E-state index >= 15 is 0 Å². The van der Waals surface area contributed by atoms with E-state index in [9.17, 15) is 0 Å². The van der Waals surface area contributed by atoms with Gasteiger partial charge < -0.3 is 36.0 Å². The Morgan fingerprint density at radius 3 is 1.27 bits per heavy atom. The van der Waals surface area contributed by atoms with Gasteiger partial charge in [0, 0.05) is 65.6 Å². The number of hydrogen-bond acceptors (Lipinski definition) is 10. The van der Waals surface area contributed by atoms with E-state index in [4.69, 9.17) is 60.5 Å². The fourth-order valence-electron chi connectivity index (χ4n) is 4.13. The van der Waals surface area contributed by atoms with Crippen LogP contribution in [-0.4, -0.2) is 80.1 Å². The molecule has 1 unspecified atom stereocenters. The van der Waals surface area contributed by atoms with Crippen LogP contribution in [0, 0.1) is 0 Å². The van der Waals surface area contributed by atoms with Crippen molar-refractivity contribution in [2.24, 2.45) is 0 Å². The molecule has 0 aromatic heterocycles. The van der Waals surface area contributed by atoms with Gasteiger partial charge >= 0.3 is 17.6 Å². The highest BCUT2D eigenvalue weighted by molar-refractivity contribution is 7.80. The maximum atomic E-state index is 5.82. The van der Waals surface area contributed by atoms with Crippen LogP contribution in [-0.2, 0) is 36.0 Å². The number of hydrogen-bond donors (Lipinski definition) is 0. The molecule has 1 atom stereocenters. The zero-order valence-corrected chi connectivity index (χ0v) is 30.6. The Balaban J connectivity index is 0. The zero-order chi connectivity index (χ0) is 30.7. The van der Waals surface area contributed by atoms with Crippen LogP contribution < -0.4 is 0 Å². The molecule has 40 heavy (non-hydrogen) atoms. The van der Waals surface area contributed by atoms with Gasteiger partial charge in [0.1, 0.15) is 0 Å². The van der Waals surface area contributed by atoms with Crippen LogP contribution in [0.1, 0.15) is 107 Å². The van der Waals surface area contributed by atoms with Gasteiger partial charge in [0.2, 0.25) is 0 Å². The van der Waals surface area contributed by atoms with Gasteiger partial charge in [-0.3, -0.25) is 0 Å². The van der Waals surface area contributed by atoms with Gasteiger partial charge in [0.25, 0.3) is 0 Å². The third kappa shape index (κ3) is 23.5. The highest BCUT2D eigenvalue weighted by atomic mass is 32.1. The summed E-state index contributed by atoms with van der Waals surface area (Å²) < 4.78 is 45.7. The van der Waals surface area contributed by atoms with E-state index in [2.05, 4.69) is 0 Å². The first-order valence-electron chi connectivity index (χ1n) is 15.2. The largest absolute Gasteiger partial charge is 0.500 e. The lowest BCUT2D eigenvalue weighted by Gasteiger charge is -2.28. The number of rotatable bonds is 25. The lowest BCUT2D eigenvalue weighted by atomic mass is 10.2. The van der Waals surface area contributed by atoms with Crippen molar-refractivity contribution in [3.63, 3.8) is 0 Å². The molecule has 12 heteroatoms. The molecule has 8 nitrogen and oxygen atoms in total. The fraction of sp³-hybridized carbons (Fsp3) is 0.929. The molecule has 0 rings (SSSR count). The lowest BCUT2D eigenvalue weighted by molar-refractivity contribution is 0.0696. The van der Waals surface area contributed by atoms with E-state index in [0.29, 0.717) is 49.7 Å². The van der Waals surface area contributed by atoms with E-state index in [1.165, 1.54) is 0 Å². The first-order chi connectivity index (χ1) is 19.1. The number of unbranched alkanes of at least 4 members (excludes halogenated alkanes) is 4. The van der Waals surface area contributed by atoms with Gasteiger partial charge in [0.15, 0.2) is 10.1 Å². The second-order valence-electron chi connectivity index (χ2n) is 9.13. The van der Waals surface area contributed by atoms with Crippen LogP contribution in [0.25, 0.3) is 0 Å². The van der Waals surface area contributed by atoms with Gasteiger partial charge in [-0.25, -0.2) is 0 Å². The van der Waals surface area contributed by atoms with Crippen LogP contribution >= 0.6 is 24.4 Å². The second-order valence-corrected chi connectivity index (χ2v) is 15.7. The highest BCUT2D eigenvalue weighted by Gasteiger charge is 2.40. The molecule has 240 valence electrons. The van der Waals surface area contributed by atoms with Crippen molar-refractivity contribution in [2.45, 2.75) is 125 Å². The molecule has 0 radical (unpaired) electrons. The Morgan fingerprint density at radius 1 is 0.550 bits per heavy atom. The summed E-state index contributed by atoms with van der Waals surface area (Å²) in [5.41, 5.74) is 0. The van der Waals surface area contributed by atoms with Gasteiger partial charge in [-0.05, 0) is 105 Å². The predicted octanol–water partition coefficient (Wildman–Crippen LogP) is 7.92. The quantitative estimate of drug-likeness (QED) is 0.0556. The average molecular weight is 645 g/mol. The fourth-order valence-corrected chi connectivity index (χ4v) is 9.75. The number of ether oxygens (including phenoxy) is 2. The minimum absolute atomic E-state index is 0.176. The predicted molar refractivity (Wildman–Crippen MR) is 176 cm³/mol. The molecule has 0 aromatic rings. The third-order valence-electron chi connectivity index (χ3n) is 5.58. The maximum absolute atomic E-state index is 5.82. The minimum Gasteiger partial charge on any atom is -0.487 e. The van der Waals surface area contributed by atoms with E-state index in [-0.39, 0.29) is 6.10 Å². The molecule has 0 saturated carbocycles. The first kappa shape index (κ1) is 42.1. The molecule has 0 aliphatic heterocycles. The molecule has 0 aliphatic carbocycles. The summed E-state index contributed by atoms with van der Waals surface area (Å²) in [6.45, 7) is 22.2. The smallest absolute Gasteiger partial charge is 0.487 e. The van der Waals surface area contributed by atoms with Crippen LogP contribution in [0.2, 0.25) is 12.1 Å².